The van der Waals surface area contributed by atoms with E-state index in [0.29, 0.717) is 23.0 Å². The quantitative estimate of drug-likeness (QED) is 0.887. The van der Waals surface area contributed by atoms with Crippen LogP contribution in [0, 0.1) is 5.92 Å². The van der Waals surface area contributed by atoms with Crippen LogP contribution in [0.4, 0.5) is 0 Å². The van der Waals surface area contributed by atoms with Gasteiger partial charge in [0, 0.05) is 0 Å². The van der Waals surface area contributed by atoms with E-state index in [0.717, 1.165) is 18.4 Å². The van der Waals surface area contributed by atoms with Crippen LogP contribution in [0.25, 0.3) is 0 Å². The number of amides is 1. The van der Waals surface area contributed by atoms with Crippen molar-refractivity contribution in [3.63, 3.8) is 0 Å². The molecule has 0 saturated heterocycles. The molecule has 0 radical (unpaired) electrons. The molecule has 0 bridgehead atoms. The summed E-state index contributed by atoms with van der Waals surface area (Å²) in [6.45, 7) is 0. The molecule has 120 valence electrons. The molecule has 1 unspecified atom stereocenters. The monoisotopic (exact) mass is 311 g/mol. The molecular weight excluding hydrogens is 290 g/mol. The first kappa shape index (κ1) is 15.4. The maximum Gasteiger partial charge on any atom is 0.255 e. The van der Waals surface area contributed by atoms with Crippen molar-refractivity contribution in [2.75, 3.05) is 14.2 Å². The fourth-order valence-electron chi connectivity index (χ4n) is 2.85. The third-order valence-electron chi connectivity index (χ3n) is 4.19. The fourth-order valence-corrected chi connectivity index (χ4v) is 2.85. The van der Waals surface area contributed by atoms with Gasteiger partial charge in [0.1, 0.15) is 0 Å². The van der Waals surface area contributed by atoms with Crippen molar-refractivity contribution >= 4 is 5.91 Å². The number of carbonyl (C=O) groups is 1. The van der Waals surface area contributed by atoms with Crippen molar-refractivity contribution in [2.45, 2.75) is 18.9 Å². The molecule has 3 rings (SSSR count). The minimum atomic E-state index is -0.137. The third kappa shape index (κ3) is 3.31. The highest BCUT2D eigenvalue weighted by Crippen LogP contribution is 2.41. The van der Waals surface area contributed by atoms with E-state index in [1.807, 2.05) is 18.2 Å². The summed E-state index contributed by atoms with van der Waals surface area (Å²) in [4.78, 5) is 12.8. The lowest BCUT2D eigenvalue weighted by molar-refractivity contribution is 0.0928. The molecule has 0 aromatic heterocycles. The van der Waals surface area contributed by atoms with Gasteiger partial charge in [0.05, 0.1) is 25.8 Å². The Kier molecular flexibility index (Phi) is 4.51. The molecular formula is C19H21NO3. The summed E-state index contributed by atoms with van der Waals surface area (Å²) in [6.07, 6.45) is 2.30. The van der Waals surface area contributed by atoms with Crippen molar-refractivity contribution in [3.8, 4) is 11.5 Å². The second kappa shape index (κ2) is 6.73. The van der Waals surface area contributed by atoms with Gasteiger partial charge in [-0.3, -0.25) is 4.79 Å². The minimum absolute atomic E-state index is 0.0413. The molecule has 0 spiro atoms. The minimum Gasteiger partial charge on any atom is -0.493 e. The fraction of sp³-hybridized carbons (Fsp3) is 0.316. The Hall–Kier alpha value is -2.49. The zero-order valence-electron chi connectivity index (χ0n) is 13.4. The number of methoxy groups -OCH3 is 2. The predicted octanol–water partition coefficient (Wildman–Crippen LogP) is 3.58. The third-order valence-corrected chi connectivity index (χ3v) is 4.19. The van der Waals surface area contributed by atoms with Crippen molar-refractivity contribution in [3.05, 3.63) is 59.7 Å². The topological polar surface area (TPSA) is 47.6 Å². The molecule has 2 aromatic carbocycles. The standard InChI is InChI=1S/C19H21NO3/c1-22-16-10-6-9-15(18(16)23-2)19(21)20-17(14-11-12-14)13-7-4-3-5-8-13/h3-10,14,17H,11-12H2,1-2H3,(H,20,21). The molecule has 0 heterocycles. The second-order valence-corrected chi connectivity index (χ2v) is 5.74. The number of benzene rings is 2. The first-order valence-electron chi connectivity index (χ1n) is 7.81. The summed E-state index contributed by atoms with van der Waals surface area (Å²) in [6, 6.07) is 15.5. The van der Waals surface area contributed by atoms with Gasteiger partial charge in [-0.1, -0.05) is 36.4 Å². The van der Waals surface area contributed by atoms with Gasteiger partial charge in [-0.15, -0.1) is 0 Å². The van der Waals surface area contributed by atoms with E-state index in [1.165, 1.54) is 0 Å². The van der Waals surface area contributed by atoms with Crippen LogP contribution in [-0.4, -0.2) is 20.1 Å². The SMILES string of the molecule is COc1cccc(C(=O)NC(c2ccccc2)C2CC2)c1OC. The Balaban J connectivity index is 1.86. The molecule has 1 aliphatic carbocycles. The van der Waals surface area contributed by atoms with Gasteiger partial charge >= 0.3 is 0 Å². The van der Waals surface area contributed by atoms with E-state index in [9.17, 15) is 4.79 Å². The average Bonchev–Trinajstić information content (AvgIpc) is 3.44. The molecule has 1 aliphatic rings. The normalized spacial score (nSPS) is 14.9. The summed E-state index contributed by atoms with van der Waals surface area (Å²) in [5.74, 6) is 1.40. The van der Waals surface area contributed by atoms with Gasteiger partial charge in [-0.05, 0) is 36.5 Å². The van der Waals surface area contributed by atoms with Crippen molar-refractivity contribution in [1.82, 2.24) is 5.32 Å². The Morgan fingerprint density at radius 2 is 1.78 bits per heavy atom. The molecule has 1 N–H and O–H groups in total. The number of nitrogens with one attached hydrogen (secondary N) is 1. The molecule has 4 nitrogen and oxygen atoms in total. The van der Waals surface area contributed by atoms with Crippen LogP contribution in [0.5, 0.6) is 11.5 Å². The second-order valence-electron chi connectivity index (χ2n) is 5.74. The van der Waals surface area contributed by atoms with Crippen LogP contribution < -0.4 is 14.8 Å². The Morgan fingerprint density at radius 3 is 2.39 bits per heavy atom. The molecule has 1 saturated carbocycles. The maximum absolute atomic E-state index is 12.8. The summed E-state index contributed by atoms with van der Waals surface area (Å²) >= 11 is 0. The van der Waals surface area contributed by atoms with Crippen LogP contribution in [0.3, 0.4) is 0 Å². The molecule has 23 heavy (non-hydrogen) atoms. The number of rotatable bonds is 6. The molecule has 2 aromatic rings. The van der Waals surface area contributed by atoms with Crippen LogP contribution in [-0.2, 0) is 0 Å². The first-order valence-corrected chi connectivity index (χ1v) is 7.81. The zero-order valence-corrected chi connectivity index (χ0v) is 13.4. The molecule has 1 amide bonds. The van der Waals surface area contributed by atoms with Gasteiger partial charge in [-0.25, -0.2) is 0 Å². The van der Waals surface area contributed by atoms with E-state index >= 15 is 0 Å². The number of hydrogen-bond donors (Lipinski definition) is 1. The van der Waals surface area contributed by atoms with Crippen LogP contribution in [0.2, 0.25) is 0 Å². The van der Waals surface area contributed by atoms with Gasteiger partial charge in [-0.2, -0.15) is 0 Å². The predicted molar refractivity (Wildman–Crippen MR) is 88.9 cm³/mol. The van der Waals surface area contributed by atoms with Crippen LogP contribution >= 0.6 is 0 Å². The lowest BCUT2D eigenvalue weighted by Crippen LogP contribution is -2.30. The molecule has 0 aliphatic heterocycles. The highest BCUT2D eigenvalue weighted by atomic mass is 16.5. The smallest absolute Gasteiger partial charge is 0.255 e. The summed E-state index contributed by atoms with van der Waals surface area (Å²) < 4.78 is 10.6. The average molecular weight is 311 g/mol. The highest BCUT2D eigenvalue weighted by Gasteiger charge is 2.34. The number of hydrogen-bond acceptors (Lipinski definition) is 3. The van der Waals surface area contributed by atoms with Crippen molar-refractivity contribution in [2.24, 2.45) is 5.92 Å². The molecule has 1 fully saturated rings. The Morgan fingerprint density at radius 1 is 1.04 bits per heavy atom. The van der Waals surface area contributed by atoms with E-state index < -0.39 is 0 Å². The summed E-state index contributed by atoms with van der Waals surface area (Å²) in [7, 11) is 3.11. The number of para-hydroxylation sites is 1. The van der Waals surface area contributed by atoms with Gasteiger partial charge < -0.3 is 14.8 Å². The summed E-state index contributed by atoms with van der Waals surface area (Å²) in [5, 5.41) is 3.16. The number of ether oxygens (including phenoxy) is 2. The first-order chi connectivity index (χ1) is 11.2. The van der Waals surface area contributed by atoms with Gasteiger partial charge in [0.2, 0.25) is 0 Å². The van der Waals surface area contributed by atoms with Gasteiger partial charge in [0.25, 0.3) is 5.91 Å². The van der Waals surface area contributed by atoms with Crippen LogP contribution in [0.1, 0.15) is 34.8 Å². The molecule has 4 heteroatoms. The van der Waals surface area contributed by atoms with Gasteiger partial charge in [0.15, 0.2) is 11.5 Å². The Bertz CT molecular complexity index is 680. The van der Waals surface area contributed by atoms with Crippen LogP contribution in [0.15, 0.2) is 48.5 Å². The zero-order chi connectivity index (χ0) is 16.2. The van der Waals surface area contributed by atoms with Crippen molar-refractivity contribution in [1.29, 1.82) is 0 Å². The van der Waals surface area contributed by atoms with Crippen molar-refractivity contribution < 1.29 is 14.3 Å². The van der Waals surface area contributed by atoms with E-state index in [1.54, 1.807) is 32.4 Å². The van der Waals surface area contributed by atoms with E-state index in [-0.39, 0.29) is 11.9 Å². The Labute approximate surface area is 136 Å². The highest BCUT2D eigenvalue weighted by molar-refractivity contribution is 5.98. The maximum atomic E-state index is 12.8. The lowest BCUT2D eigenvalue weighted by Gasteiger charge is -2.20. The van der Waals surface area contributed by atoms with E-state index in [4.69, 9.17) is 9.47 Å². The number of carbonyl (C=O) groups excluding carboxylic acids is 1. The molecule has 1 atom stereocenters. The lowest BCUT2D eigenvalue weighted by atomic mass is 10.0. The largest absolute Gasteiger partial charge is 0.493 e. The van der Waals surface area contributed by atoms with E-state index in [2.05, 4.69) is 17.4 Å². The summed E-state index contributed by atoms with van der Waals surface area (Å²) in [5.41, 5.74) is 1.64.